The van der Waals surface area contributed by atoms with Crippen molar-refractivity contribution in [3.63, 3.8) is 0 Å². The Balaban J connectivity index is 0.00000243. The van der Waals surface area contributed by atoms with Crippen LogP contribution in [-0.4, -0.2) is 46.2 Å². The van der Waals surface area contributed by atoms with Gasteiger partial charge in [0.1, 0.15) is 0 Å². The molecular weight excluding hydrogens is 368 g/mol. The standard InChI is InChI=1S/C19H24N4OS.ClH/c1-13-8-14(2)22-19(21-13)25-12-18(24)23-10-16(9-20)17(11-23)15-6-4-3-5-7-15;/h3-8,16-17H,9-12,20H2,1-2H3;1H/t16-,17+;/m1./s1. The minimum absolute atomic E-state index is 0. The van der Waals surface area contributed by atoms with Gasteiger partial charge < -0.3 is 10.6 Å². The van der Waals surface area contributed by atoms with Crippen molar-refractivity contribution in [1.82, 2.24) is 14.9 Å². The van der Waals surface area contributed by atoms with Crippen molar-refractivity contribution in [3.8, 4) is 0 Å². The van der Waals surface area contributed by atoms with Crippen LogP contribution in [0.3, 0.4) is 0 Å². The average molecular weight is 393 g/mol. The lowest BCUT2D eigenvalue weighted by Crippen LogP contribution is -2.31. The summed E-state index contributed by atoms with van der Waals surface area (Å²) < 4.78 is 0. The van der Waals surface area contributed by atoms with Gasteiger partial charge in [-0.15, -0.1) is 12.4 Å². The van der Waals surface area contributed by atoms with Crippen molar-refractivity contribution in [1.29, 1.82) is 0 Å². The van der Waals surface area contributed by atoms with Crippen LogP contribution in [-0.2, 0) is 4.79 Å². The lowest BCUT2D eigenvalue weighted by Gasteiger charge is -2.16. The fraction of sp³-hybridized carbons (Fsp3) is 0.421. The first-order chi connectivity index (χ1) is 12.1. The van der Waals surface area contributed by atoms with Crippen molar-refractivity contribution < 1.29 is 4.79 Å². The Labute approximate surface area is 165 Å². The van der Waals surface area contributed by atoms with Gasteiger partial charge in [0.25, 0.3) is 0 Å². The van der Waals surface area contributed by atoms with Crippen LogP contribution in [0.25, 0.3) is 0 Å². The molecule has 1 aliphatic rings. The Morgan fingerprint density at radius 3 is 2.46 bits per heavy atom. The summed E-state index contributed by atoms with van der Waals surface area (Å²) >= 11 is 1.40. The van der Waals surface area contributed by atoms with E-state index in [4.69, 9.17) is 5.73 Å². The van der Waals surface area contributed by atoms with Crippen molar-refractivity contribution in [2.75, 3.05) is 25.4 Å². The first-order valence-electron chi connectivity index (χ1n) is 8.54. The third-order valence-corrected chi connectivity index (χ3v) is 5.44. The quantitative estimate of drug-likeness (QED) is 0.625. The molecule has 0 bridgehead atoms. The van der Waals surface area contributed by atoms with Crippen LogP contribution in [0.2, 0.25) is 0 Å². The summed E-state index contributed by atoms with van der Waals surface area (Å²) in [5, 5.41) is 0.667. The van der Waals surface area contributed by atoms with Crippen molar-refractivity contribution >= 4 is 30.1 Å². The molecule has 0 saturated carbocycles. The van der Waals surface area contributed by atoms with Crippen LogP contribution < -0.4 is 5.73 Å². The fourth-order valence-corrected chi connectivity index (χ4v) is 4.22. The van der Waals surface area contributed by atoms with Gasteiger partial charge in [-0.3, -0.25) is 4.79 Å². The van der Waals surface area contributed by atoms with Gasteiger partial charge >= 0.3 is 0 Å². The number of nitrogens with zero attached hydrogens (tertiary/aromatic N) is 3. The SMILES string of the molecule is Cc1cc(C)nc(SCC(=O)N2C[C@@H](CN)[C@H](c3ccccc3)C2)n1.Cl. The molecule has 0 spiro atoms. The summed E-state index contributed by atoms with van der Waals surface area (Å²) in [5.41, 5.74) is 9.08. The molecule has 1 fully saturated rings. The molecule has 2 atom stereocenters. The van der Waals surface area contributed by atoms with E-state index in [1.165, 1.54) is 17.3 Å². The van der Waals surface area contributed by atoms with E-state index in [9.17, 15) is 4.79 Å². The molecule has 5 nitrogen and oxygen atoms in total. The van der Waals surface area contributed by atoms with Gasteiger partial charge in [-0.2, -0.15) is 0 Å². The van der Waals surface area contributed by atoms with E-state index >= 15 is 0 Å². The Hall–Kier alpha value is -1.63. The molecule has 26 heavy (non-hydrogen) atoms. The normalized spacial score (nSPS) is 19.3. The highest BCUT2D eigenvalue weighted by Crippen LogP contribution is 2.32. The maximum Gasteiger partial charge on any atom is 0.233 e. The highest BCUT2D eigenvalue weighted by atomic mass is 35.5. The number of benzene rings is 1. The molecule has 0 aliphatic carbocycles. The molecule has 2 heterocycles. The highest BCUT2D eigenvalue weighted by Gasteiger charge is 2.35. The van der Waals surface area contributed by atoms with Crippen LogP contribution in [0.15, 0.2) is 41.6 Å². The minimum Gasteiger partial charge on any atom is -0.341 e. The van der Waals surface area contributed by atoms with Crippen LogP contribution >= 0.6 is 24.2 Å². The molecular formula is C19H25ClN4OS. The number of aromatic nitrogens is 2. The lowest BCUT2D eigenvalue weighted by atomic mass is 9.89. The fourth-order valence-electron chi connectivity index (χ4n) is 3.37. The Kier molecular flexibility index (Phi) is 7.43. The average Bonchev–Trinajstić information content (AvgIpc) is 3.04. The second kappa shape index (κ2) is 9.35. The minimum atomic E-state index is 0. The van der Waals surface area contributed by atoms with E-state index in [1.807, 2.05) is 43.0 Å². The number of rotatable bonds is 5. The number of halogens is 1. The van der Waals surface area contributed by atoms with Crippen LogP contribution in [0, 0.1) is 19.8 Å². The Bertz CT molecular complexity index is 723. The van der Waals surface area contributed by atoms with E-state index in [1.54, 1.807) is 0 Å². The zero-order chi connectivity index (χ0) is 17.8. The number of carbonyl (C=O) groups is 1. The van der Waals surface area contributed by atoms with E-state index in [2.05, 4.69) is 22.1 Å². The van der Waals surface area contributed by atoms with Gasteiger partial charge in [-0.05, 0) is 37.9 Å². The summed E-state index contributed by atoms with van der Waals surface area (Å²) in [5.74, 6) is 1.12. The van der Waals surface area contributed by atoms with Gasteiger partial charge in [0, 0.05) is 30.4 Å². The second-order valence-electron chi connectivity index (χ2n) is 6.53. The van der Waals surface area contributed by atoms with Crippen molar-refractivity contribution in [2.45, 2.75) is 24.9 Å². The molecule has 0 radical (unpaired) electrons. The lowest BCUT2D eigenvalue weighted by molar-refractivity contribution is -0.127. The second-order valence-corrected chi connectivity index (χ2v) is 7.48. The summed E-state index contributed by atoms with van der Waals surface area (Å²) in [7, 11) is 0. The summed E-state index contributed by atoms with van der Waals surface area (Å²) in [4.78, 5) is 23.3. The van der Waals surface area contributed by atoms with Gasteiger partial charge in [0.15, 0.2) is 5.16 Å². The molecule has 1 saturated heterocycles. The van der Waals surface area contributed by atoms with Crippen LogP contribution in [0.5, 0.6) is 0 Å². The summed E-state index contributed by atoms with van der Waals surface area (Å²) in [6.07, 6.45) is 0. The van der Waals surface area contributed by atoms with Gasteiger partial charge in [-0.25, -0.2) is 9.97 Å². The summed E-state index contributed by atoms with van der Waals surface area (Å²) in [6, 6.07) is 12.3. The predicted octanol–water partition coefficient (Wildman–Crippen LogP) is 2.81. The predicted molar refractivity (Wildman–Crippen MR) is 108 cm³/mol. The number of hydrogen-bond donors (Lipinski definition) is 1. The van der Waals surface area contributed by atoms with Gasteiger partial charge in [-0.1, -0.05) is 42.1 Å². The first kappa shape index (κ1) is 20.7. The number of aryl methyl sites for hydroxylation is 2. The topological polar surface area (TPSA) is 72.1 Å². The number of carbonyl (C=O) groups excluding carboxylic acids is 1. The molecule has 0 unspecified atom stereocenters. The zero-order valence-corrected chi connectivity index (χ0v) is 16.7. The molecule has 1 aromatic heterocycles. The van der Waals surface area contributed by atoms with Gasteiger partial charge in [0.05, 0.1) is 5.75 Å². The molecule has 1 amide bonds. The van der Waals surface area contributed by atoms with E-state index in [-0.39, 0.29) is 18.3 Å². The third kappa shape index (κ3) is 4.96. The third-order valence-electron chi connectivity index (χ3n) is 4.61. The zero-order valence-electron chi connectivity index (χ0n) is 15.1. The van der Waals surface area contributed by atoms with Crippen molar-refractivity contribution in [3.05, 3.63) is 53.3 Å². The van der Waals surface area contributed by atoms with Crippen LogP contribution in [0.4, 0.5) is 0 Å². The number of nitrogens with two attached hydrogens (primary N) is 1. The largest absolute Gasteiger partial charge is 0.341 e. The van der Waals surface area contributed by atoms with Crippen LogP contribution in [0.1, 0.15) is 22.9 Å². The van der Waals surface area contributed by atoms with Crippen molar-refractivity contribution in [2.24, 2.45) is 11.7 Å². The maximum atomic E-state index is 12.6. The summed E-state index contributed by atoms with van der Waals surface area (Å²) in [6.45, 7) is 5.94. The molecule has 140 valence electrons. The Morgan fingerprint density at radius 1 is 1.19 bits per heavy atom. The Morgan fingerprint density at radius 2 is 1.85 bits per heavy atom. The molecule has 2 aromatic rings. The first-order valence-corrected chi connectivity index (χ1v) is 9.53. The monoisotopic (exact) mass is 392 g/mol. The molecule has 3 rings (SSSR count). The maximum absolute atomic E-state index is 12.6. The van der Waals surface area contributed by atoms with Gasteiger partial charge in [0.2, 0.25) is 5.91 Å². The number of hydrogen-bond acceptors (Lipinski definition) is 5. The molecule has 1 aliphatic heterocycles. The highest BCUT2D eigenvalue weighted by molar-refractivity contribution is 7.99. The number of likely N-dealkylation sites (tertiary alicyclic amines) is 1. The van der Waals surface area contributed by atoms with E-state index in [0.29, 0.717) is 29.3 Å². The number of amides is 1. The molecule has 1 aromatic carbocycles. The van der Waals surface area contributed by atoms with E-state index < -0.39 is 0 Å². The van der Waals surface area contributed by atoms with E-state index in [0.717, 1.165) is 24.5 Å². The number of thioether (sulfide) groups is 1. The molecule has 7 heteroatoms. The molecule has 2 N–H and O–H groups in total. The smallest absolute Gasteiger partial charge is 0.233 e.